The van der Waals surface area contributed by atoms with Crippen molar-refractivity contribution in [2.24, 2.45) is 0 Å². The van der Waals surface area contributed by atoms with E-state index < -0.39 is 23.8 Å². The molecule has 136 valence electrons. The fraction of sp³-hybridized carbons (Fsp3) is 0.824. The number of hydrogen-bond acceptors (Lipinski definition) is 5. The number of amides is 2. The molecular weight excluding hydrogens is 312 g/mol. The van der Waals surface area contributed by atoms with E-state index in [4.69, 9.17) is 9.47 Å². The van der Waals surface area contributed by atoms with Gasteiger partial charge in [0.2, 0.25) is 5.91 Å². The van der Waals surface area contributed by atoms with Gasteiger partial charge in [-0.1, -0.05) is 0 Å². The molecular formula is C17H28N2O5. The van der Waals surface area contributed by atoms with Crippen molar-refractivity contribution in [3.63, 3.8) is 0 Å². The Bertz CT molecular complexity index is 500. The zero-order valence-corrected chi connectivity index (χ0v) is 15.0. The van der Waals surface area contributed by atoms with Crippen LogP contribution < -0.4 is 0 Å². The zero-order chi connectivity index (χ0) is 17.9. The van der Waals surface area contributed by atoms with Crippen molar-refractivity contribution in [2.45, 2.75) is 71.1 Å². The lowest BCUT2D eigenvalue weighted by atomic mass is 10.1. The van der Waals surface area contributed by atoms with E-state index in [-0.39, 0.29) is 11.9 Å². The monoisotopic (exact) mass is 340 g/mol. The summed E-state index contributed by atoms with van der Waals surface area (Å²) in [5, 5.41) is 0. The largest absolute Gasteiger partial charge is 0.464 e. The molecule has 2 atom stereocenters. The molecule has 2 fully saturated rings. The van der Waals surface area contributed by atoms with Crippen molar-refractivity contribution >= 4 is 18.0 Å². The average Bonchev–Trinajstić information content (AvgIpc) is 3.14. The van der Waals surface area contributed by atoms with Gasteiger partial charge in [-0.3, -0.25) is 9.69 Å². The number of ether oxygens (including phenoxy) is 2. The molecule has 0 saturated carbocycles. The predicted octanol–water partition coefficient (Wildman–Crippen LogP) is 1.94. The minimum Gasteiger partial charge on any atom is -0.464 e. The first kappa shape index (κ1) is 18.5. The van der Waals surface area contributed by atoms with E-state index in [1.54, 1.807) is 32.6 Å². The number of likely N-dealkylation sites (tertiary alicyclic amines) is 2. The number of carbonyl (C=O) groups excluding carboxylic acids is 3. The summed E-state index contributed by atoms with van der Waals surface area (Å²) in [6, 6.07) is -1.08. The third-order valence-corrected chi connectivity index (χ3v) is 4.26. The van der Waals surface area contributed by atoms with Gasteiger partial charge in [-0.05, 0) is 53.4 Å². The van der Waals surface area contributed by atoms with E-state index >= 15 is 0 Å². The molecule has 0 spiro atoms. The van der Waals surface area contributed by atoms with E-state index in [1.165, 1.54) is 4.90 Å². The smallest absolute Gasteiger partial charge is 0.410 e. The number of esters is 1. The second-order valence-electron chi connectivity index (χ2n) is 7.27. The molecule has 0 aromatic heterocycles. The molecule has 2 amide bonds. The Morgan fingerprint density at radius 3 is 2.17 bits per heavy atom. The third kappa shape index (κ3) is 4.19. The molecule has 2 heterocycles. The van der Waals surface area contributed by atoms with Crippen LogP contribution in [0, 0.1) is 0 Å². The average molecular weight is 340 g/mol. The van der Waals surface area contributed by atoms with E-state index in [2.05, 4.69) is 0 Å². The summed E-state index contributed by atoms with van der Waals surface area (Å²) in [5.41, 5.74) is -0.603. The normalized spacial score (nSPS) is 24.2. The van der Waals surface area contributed by atoms with Gasteiger partial charge in [-0.25, -0.2) is 9.59 Å². The highest BCUT2D eigenvalue weighted by atomic mass is 16.6. The zero-order valence-electron chi connectivity index (χ0n) is 15.0. The molecule has 2 aliphatic heterocycles. The van der Waals surface area contributed by atoms with Crippen LogP contribution in [0.5, 0.6) is 0 Å². The summed E-state index contributed by atoms with van der Waals surface area (Å²) in [4.78, 5) is 40.4. The van der Waals surface area contributed by atoms with Crippen LogP contribution in [0.4, 0.5) is 4.79 Å². The summed E-state index contributed by atoms with van der Waals surface area (Å²) in [6.45, 7) is 8.48. The molecule has 7 heteroatoms. The highest BCUT2D eigenvalue weighted by Gasteiger charge is 2.43. The Kier molecular flexibility index (Phi) is 5.72. The maximum Gasteiger partial charge on any atom is 0.410 e. The summed E-state index contributed by atoms with van der Waals surface area (Å²) in [5.74, 6) is -0.529. The first-order valence-electron chi connectivity index (χ1n) is 8.71. The maximum atomic E-state index is 12.9. The van der Waals surface area contributed by atoms with Crippen molar-refractivity contribution in [3.05, 3.63) is 0 Å². The number of hydrogen-bond donors (Lipinski definition) is 0. The Labute approximate surface area is 143 Å². The van der Waals surface area contributed by atoms with Crippen molar-refractivity contribution < 1.29 is 23.9 Å². The standard InChI is InChI=1S/C17H28N2O5/c1-5-23-15(21)13-9-7-10-18(13)14(20)12-8-6-11-19(12)16(22)24-17(2,3)4/h12-13H,5-11H2,1-4H3/t12-,13-/m0/s1. The lowest BCUT2D eigenvalue weighted by Crippen LogP contribution is -2.52. The molecule has 24 heavy (non-hydrogen) atoms. The lowest BCUT2D eigenvalue weighted by Gasteiger charge is -2.31. The van der Waals surface area contributed by atoms with E-state index in [0.717, 1.165) is 12.8 Å². The molecule has 2 saturated heterocycles. The highest BCUT2D eigenvalue weighted by Crippen LogP contribution is 2.26. The summed E-state index contributed by atoms with van der Waals surface area (Å²) in [7, 11) is 0. The van der Waals surface area contributed by atoms with Gasteiger partial charge >= 0.3 is 12.1 Å². The van der Waals surface area contributed by atoms with Crippen LogP contribution in [0.15, 0.2) is 0 Å². The Morgan fingerprint density at radius 1 is 1.00 bits per heavy atom. The number of rotatable bonds is 3. The minimum absolute atomic E-state index is 0.172. The molecule has 2 rings (SSSR count). The quantitative estimate of drug-likeness (QED) is 0.734. The number of nitrogens with zero attached hydrogens (tertiary/aromatic N) is 2. The second-order valence-corrected chi connectivity index (χ2v) is 7.27. The Balaban J connectivity index is 2.07. The van der Waals surface area contributed by atoms with Gasteiger partial charge in [-0.2, -0.15) is 0 Å². The molecule has 0 radical (unpaired) electrons. The highest BCUT2D eigenvalue weighted by molar-refractivity contribution is 5.90. The molecule has 0 unspecified atom stereocenters. The lowest BCUT2D eigenvalue weighted by molar-refractivity contribution is -0.154. The number of carbonyl (C=O) groups is 3. The third-order valence-electron chi connectivity index (χ3n) is 4.26. The van der Waals surface area contributed by atoms with Gasteiger partial charge in [-0.15, -0.1) is 0 Å². The van der Waals surface area contributed by atoms with Crippen molar-refractivity contribution in [2.75, 3.05) is 19.7 Å². The molecule has 0 aromatic rings. The SMILES string of the molecule is CCOC(=O)[C@@H]1CCCN1C(=O)[C@@H]1CCCN1C(=O)OC(C)(C)C. The molecule has 0 aliphatic carbocycles. The van der Waals surface area contributed by atoms with Crippen LogP contribution in [0.3, 0.4) is 0 Å². The van der Waals surface area contributed by atoms with E-state index in [9.17, 15) is 14.4 Å². The van der Waals surface area contributed by atoms with E-state index in [1.807, 2.05) is 0 Å². The summed E-state index contributed by atoms with van der Waals surface area (Å²) in [6.07, 6.45) is 2.28. The van der Waals surface area contributed by atoms with Crippen molar-refractivity contribution in [1.29, 1.82) is 0 Å². The predicted molar refractivity (Wildman–Crippen MR) is 87.3 cm³/mol. The fourth-order valence-corrected chi connectivity index (χ4v) is 3.27. The van der Waals surface area contributed by atoms with Gasteiger partial charge < -0.3 is 14.4 Å². The van der Waals surface area contributed by atoms with Crippen molar-refractivity contribution in [3.8, 4) is 0 Å². The van der Waals surface area contributed by atoms with Crippen molar-refractivity contribution in [1.82, 2.24) is 9.80 Å². The van der Waals surface area contributed by atoms with Gasteiger partial charge in [0.1, 0.15) is 17.7 Å². The molecule has 0 aromatic carbocycles. The van der Waals surface area contributed by atoms with Gasteiger partial charge in [0.25, 0.3) is 0 Å². The first-order valence-corrected chi connectivity index (χ1v) is 8.71. The van der Waals surface area contributed by atoms with E-state index in [0.29, 0.717) is 32.5 Å². The van der Waals surface area contributed by atoms with Crippen LogP contribution in [-0.2, 0) is 19.1 Å². The second kappa shape index (κ2) is 7.40. The van der Waals surface area contributed by atoms with Crippen LogP contribution in [0.2, 0.25) is 0 Å². The molecule has 2 aliphatic rings. The maximum absolute atomic E-state index is 12.9. The summed E-state index contributed by atoms with van der Waals surface area (Å²) < 4.78 is 10.5. The van der Waals surface area contributed by atoms with Crippen LogP contribution in [-0.4, -0.2) is 65.2 Å². The molecule has 0 bridgehead atoms. The van der Waals surface area contributed by atoms with Gasteiger partial charge in [0, 0.05) is 13.1 Å². The minimum atomic E-state index is -0.603. The van der Waals surface area contributed by atoms with Crippen LogP contribution >= 0.6 is 0 Å². The topological polar surface area (TPSA) is 76.2 Å². The van der Waals surface area contributed by atoms with Gasteiger partial charge in [0.15, 0.2) is 0 Å². The first-order chi connectivity index (χ1) is 11.2. The summed E-state index contributed by atoms with van der Waals surface area (Å²) >= 11 is 0. The van der Waals surface area contributed by atoms with Crippen LogP contribution in [0.1, 0.15) is 53.4 Å². The Hall–Kier alpha value is -1.79. The van der Waals surface area contributed by atoms with Crippen LogP contribution in [0.25, 0.3) is 0 Å². The Morgan fingerprint density at radius 2 is 1.58 bits per heavy atom. The van der Waals surface area contributed by atoms with Gasteiger partial charge in [0.05, 0.1) is 6.61 Å². The fourth-order valence-electron chi connectivity index (χ4n) is 3.27. The molecule has 0 N–H and O–H groups in total. The molecule has 7 nitrogen and oxygen atoms in total.